The Labute approximate surface area is 143 Å². The number of carbonyl (C=O) groups excluding carboxylic acids is 2. The molecule has 6 heteroatoms. The summed E-state index contributed by atoms with van der Waals surface area (Å²) in [5.41, 5.74) is 2.40. The molecule has 1 aliphatic rings. The molecule has 0 fully saturated rings. The van der Waals surface area contributed by atoms with Crippen LogP contribution in [-0.4, -0.2) is 21.2 Å². The lowest BCUT2D eigenvalue weighted by Gasteiger charge is -2.15. The van der Waals surface area contributed by atoms with E-state index in [0.717, 1.165) is 5.56 Å². The minimum Gasteiger partial charge on any atom is -0.347 e. The Morgan fingerprint density at radius 1 is 1.12 bits per heavy atom. The molecular weight excluding hydrogens is 318 g/mol. The fraction of sp³-hybridized carbons (Fsp3) is 0.158. The summed E-state index contributed by atoms with van der Waals surface area (Å²) in [5, 5.41) is 2.87. The monoisotopic (exact) mass is 333 g/mol. The van der Waals surface area contributed by atoms with Gasteiger partial charge in [-0.3, -0.25) is 19.0 Å². The van der Waals surface area contributed by atoms with E-state index in [9.17, 15) is 14.4 Å². The molecule has 25 heavy (non-hydrogen) atoms. The van der Waals surface area contributed by atoms with Gasteiger partial charge in [-0.2, -0.15) is 0 Å². The number of Topliss-reactive ketones (excluding diaryl/α,β-unsaturated/α-hetero) is 1. The van der Waals surface area contributed by atoms with Gasteiger partial charge in [0.25, 0.3) is 5.56 Å². The summed E-state index contributed by atoms with van der Waals surface area (Å²) in [4.78, 5) is 40.7. The quantitative estimate of drug-likeness (QED) is 0.793. The highest BCUT2D eigenvalue weighted by Crippen LogP contribution is 2.30. The fourth-order valence-electron chi connectivity index (χ4n) is 3.25. The second kappa shape index (κ2) is 5.98. The van der Waals surface area contributed by atoms with E-state index in [0.29, 0.717) is 16.6 Å². The van der Waals surface area contributed by atoms with Gasteiger partial charge in [-0.15, -0.1) is 0 Å². The minimum absolute atomic E-state index is 0.0208. The van der Waals surface area contributed by atoms with Crippen molar-refractivity contribution in [2.45, 2.75) is 19.0 Å². The van der Waals surface area contributed by atoms with Gasteiger partial charge in [0.05, 0.1) is 23.3 Å². The molecule has 124 valence electrons. The van der Waals surface area contributed by atoms with Crippen LogP contribution in [0.1, 0.15) is 28.4 Å². The summed E-state index contributed by atoms with van der Waals surface area (Å²) in [6, 6.07) is 14.1. The third-order valence-electron chi connectivity index (χ3n) is 4.42. The number of rotatable bonds is 3. The molecule has 1 unspecified atom stereocenters. The molecule has 1 aliphatic carbocycles. The van der Waals surface area contributed by atoms with E-state index in [2.05, 4.69) is 10.3 Å². The van der Waals surface area contributed by atoms with E-state index in [1.807, 2.05) is 24.3 Å². The molecule has 4 rings (SSSR count). The van der Waals surface area contributed by atoms with Crippen LogP contribution in [0, 0.1) is 0 Å². The first-order chi connectivity index (χ1) is 12.1. The van der Waals surface area contributed by atoms with E-state index in [1.54, 1.807) is 24.3 Å². The molecule has 1 heterocycles. The molecule has 3 aromatic rings. The van der Waals surface area contributed by atoms with Crippen molar-refractivity contribution in [3.63, 3.8) is 0 Å². The summed E-state index contributed by atoms with van der Waals surface area (Å²) in [7, 11) is 0. The highest BCUT2D eigenvalue weighted by molar-refractivity contribution is 6.01. The second-order valence-corrected chi connectivity index (χ2v) is 6.01. The van der Waals surface area contributed by atoms with Crippen LogP contribution in [0.4, 0.5) is 0 Å². The Balaban J connectivity index is 1.59. The lowest BCUT2D eigenvalue weighted by atomic mass is 10.1. The number of nitrogens with one attached hydrogen (secondary N) is 1. The molecule has 1 aromatic heterocycles. The van der Waals surface area contributed by atoms with Crippen molar-refractivity contribution in [1.82, 2.24) is 14.9 Å². The molecule has 6 nitrogen and oxygen atoms in total. The van der Waals surface area contributed by atoms with Gasteiger partial charge in [-0.05, 0) is 17.7 Å². The highest BCUT2D eigenvalue weighted by atomic mass is 16.2. The summed E-state index contributed by atoms with van der Waals surface area (Å²) < 4.78 is 1.39. The van der Waals surface area contributed by atoms with Gasteiger partial charge in [-0.25, -0.2) is 4.98 Å². The standard InChI is InChI=1S/C19H15N3O3/c23-17-9-15(12-5-1-2-6-13(12)17)21-18(24)11-22-16-8-4-3-7-14(16)20-10-19(22)25/h1-8,10,15H,9,11H2,(H,21,24). The number of para-hydroxylation sites is 2. The Morgan fingerprint density at radius 3 is 2.76 bits per heavy atom. The van der Waals surface area contributed by atoms with Gasteiger partial charge in [0, 0.05) is 12.0 Å². The minimum atomic E-state index is -0.347. The van der Waals surface area contributed by atoms with Gasteiger partial charge in [0.15, 0.2) is 5.78 Å². The molecule has 0 aliphatic heterocycles. The lowest BCUT2D eigenvalue weighted by molar-refractivity contribution is -0.122. The molecule has 0 spiro atoms. The number of benzene rings is 2. The third-order valence-corrected chi connectivity index (χ3v) is 4.42. The van der Waals surface area contributed by atoms with Crippen molar-refractivity contribution in [1.29, 1.82) is 0 Å². The van der Waals surface area contributed by atoms with Crippen LogP contribution in [-0.2, 0) is 11.3 Å². The van der Waals surface area contributed by atoms with E-state index in [-0.39, 0.29) is 36.3 Å². The summed E-state index contributed by atoms with van der Waals surface area (Å²) >= 11 is 0. The van der Waals surface area contributed by atoms with Crippen molar-refractivity contribution in [2.24, 2.45) is 0 Å². The van der Waals surface area contributed by atoms with Gasteiger partial charge < -0.3 is 5.32 Å². The topological polar surface area (TPSA) is 81.1 Å². The van der Waals surface area contributed by atoms with E-state index in [1.165, 1.54) is 10.8 Å². The van der Waals surface area contributed by atoms with Gasteiger partial charge in [0.2, 0.25) is 5.91 Å². The normalized spacial score (nSPS) is 16.0. The molecule has 0 radical (unpaired) electrons. The Morgan fingerprint density at radius 2 is 1.88 bits per heavy atom. The van der Waals surface area contributed by atoms with Gasteiger partial charge in [0.1, 0.15) is 6.54 Å². The number of amides is 1. The maximum Gasteiger partial charge on any atom is 0.269 e. The molecule has 2 aromatic carbocycles. The van der Waals surface area contributed by atoms with Crippen LogP contribution >= 0.6 is 0 Å². The molecule has 1 N–H and O–H groups in total. The summed E-state index contributed by atoms with van der Waals surface area (Å²) in [6.45, 7) is -0.116. The Bertz CT molecular complexity index is 1050. The maximum absolute atomic E-state index is 12.5. The second-order valence-electron chi connectivity index (χ2n) is 6.01. The lowest BCUT2D eigenvalue weighted by Crippen LogP contribution is -2.34. The highest BCUT2D eigenvalue weighted by Gasteiger charge is 2.29. The van der Waals surface area contributed by atoms with Crippen molar-refractivity contribution in [3.8, 4) is 0 Å². The zero-order valence-electron chi connectivity index (χ0n) is 13.3. The van der Waals surface area contributed by atoms with Crippen LogP contribution in [0.2, 0.25) is 0 Å². The van der Waals surface area contributed by atoms with E-state index in [4.69, 9.17) is 0 Å². The van der Waals surface area contributed by atoms with Crippen LogP contribution in [0.5, 0.6) is 0 Å². The molecule has 0 bridgehead atoms. The smallest absolute Gasteiger partial charge is 0.269 e. The predicted molar refractivity (Wildman–Crippen MR) is 92.3 cm³/mol. The van der Waals surface area contributed by atoms with Crippen LogP contribution in [0.15, 0.2) is 59.5 Å². The average molecular weight is 333 g/mol. The Kier molecular flexibility index (Phi) is 3.65. The number of hydrogen-bond donors (Lipinski definition) is 1. The van der Waals surface area contributed by atoms with E-state index < -0.39 is 0 Å². The molecule has 0 saturated carbocycles. The van der Waals surface area contributed by atoms with E-state index >= 15 is 0 Å². The molecule has 1 atom stereocenters. The Hall–Kier alpha value is -3.28. The first-order valence-electron chi connectivity index (χ1n) is 7.99. The molecule has 0 saturated heterocycles. The number of carbonyl (C=O) groups is 2. The average Bonchev–Trinajstić information content (AvgIpc) is 2.94. The molecule has 1 amide bonds. The SMILES string of the molecule is O=C(Cn1c(=O)cnc2ccccc21)NC1CC(=O)c2ccccc21. The van der Waals surface area contributed by atoms with Gasteiger partial charge in [-0.1, -0.05) is 36.4 Å². The van der Waals surface area contributed by atoms with Crippen molar-refractivity contribution < 1.29 is 9.59 Å². The molecular formula is C19H15N3O3. The predicted octanol–water partition coefficient (Wildman–Crippen LogP) is 1.84. The summed E-state index contributed by atoms with van der Waals surface area (Å²) in [5.74, 6) is -0.291. The number of nitrogens with zero attached hydrogens (tertiary/aromatic N) is 2. The fourth-order valence-corrected chi connectivity index (χ4v) is 3.25. The number of aromatic nitrogens is 2. The van der Waals surface area contributed by atoms with Crippen molar-refractivity contribution >= 4 is 22.7 Å². The van der Waals surface area contributed by atoms with Crippen molar-refractivity contribution in [2.75, 3.05) is 0 Å². The zero-order chi connectivity index (χ0) is 17.4. The van der Waals surface area contributed by atoms with Crippen molar-refractivity contribution in [3.05, 3.63) is 76.2 Å². The number of hydrogen-bond acceptors (Lipinski definition) is 4. The number of ketones is 1. The van der Waals surface area contributed by atoms with Crippen LogP contribution in [0.25, 0.3) is 11.0 Å². The summed E-state index contributed by atoms with van der Waals surface area (Å²) in [6.07, 6.45) is 1.46. The van der Waals surface area contributed by atoms with Gasteiger partial charge >= 0.3 is 0 Å². The first kappa shape index (κ1) is 15.3. The maximum atomic E-state index is 12.5. The van der Waals surface area contributed by atoms with Crippen LogP contribution in [0.3, 0.4) is 0 Å². The van der Waals surface area contributed by atoms with Crippen LogP contribution < -0.4 is 10.9 Å². The first-order valence-corrected chi connectivity index (χ1v) is 7.99. The third kappa shape index (κ3) is 2.71. The zero-order valence-corrected chi connectivity index (χ0v) is 13.3. The number of fused-ring (bicyclic) bond motifs is 2. The largest absolute Gasteiger partial charge is 0.347 e.